The van der Waals surface area contributed by atoms with Gasteiger partial charge in [0.2, 0.25) is 0 Å². The molecule has 0 spiro atoms. The van der Waals surface area contributed by atoms with E-state index in [9.17, 15) is 0 Å². The number of fused-ring (bicyclic) bond motifs is 3. The highest BCUT2D eigenvalue weighted by Crippen LogP contribution is 2.41. The van der Waals surface area contributed by atoms with Gasteiger partial charge in [-0.2, -0.15) is 10.2 Å². The van der Waals surface area contributed by atoms with Crippen molar-refractivity contribution < 1.29 is 4.74 Å². The molecule has 1 aromatic carbocycles. The van der Waals surface area contributed by atoms with Gasteiger partial charge in [-0.05, 0) is 32.0 Å². The van der Waals surface area contributed by atoms with Crippen molar-refractivity contribution in [2.24, 2.45) is 0 Å². The maximum Gasteiger partial charge on any atom is 0.187 e. The summed E-state index contributed by atoms with van der Waals surface area (Å²) >= 11 is 1.67. The fourth-order valence-corrected chi connectivity index (χ4v) is 4.33. The monoisotopic (exact) mass is 378 g/mol. The Labute approximate surface area is 160 Å². The summed E-state index contributed by atoms with van der Waals surface area (Å²) in [7, 11) is 0. The van der Waals surface area contributed by atoms with Crippen molar-refractivity contribution in [3.8, 4) is 39.1 Å². The van der Waals surface area contributed by atoms with Crippen molar-refractivity contribution in [3.63, 3.8) is 0 Å². The molecule has 0 saturated carbocycles. The quantitative estimate of drug-likeness (QED) is 0.583. The van der Waals surface area contributed by atoms with Gasteiger partial charge < -0.3 is 4.74 Å². The summed E-state index contributed by atoms with van der Waals surface area (Å²) < 4.78 is 7.93. The molecule has 4 heterocycles. The summed E-state index contributed by atoms with van der Waals surface area (Å²) in [5, 5.41) is 12.3. The zero-order valence-corrected chi connectivity index (χ0v) is 15.8. The first-order valence-corrected chi connectivity index (χ1v) is 9.69. The summed E-state index contributed by atoms with van der Waals surface area (Å²) in [6.07, 6.45) is 4.17. The van der Waals surface area contributed by atoms with Crippen LogP contribution < -0.4 is 4.74 Å². The number of rotatable bonds is 3. The van der Waals surface area contributed by atoms with Gasteiger partial charge in [0.05, 0.1) is 18.0 Å². The average Bonchev–Trinajstić information content (AvgIpc) is 3.40. The van der Waals surface area contributed by atoms with Crippen LogP contribution in [0.1, 0.15) is 24.8 Å². The largest absolute Gasteiger partial charge is 0.492 e. The van der Waals surface area contributed by atoms with E-state index in [0.717, 1.165) is 45.5 Å². The van der Waals surface area contributed by atoms with Crippen LogP contribution in [-0.2, 0) is 6.42 Å². The van der Waals surface area contributed by atoms with E-state index in [0.29, 0.717) is 6.61 Å². The van der Waals surface area contributed by atoms with Crippen molar-refractivity contribution in [3.05, 3.63) is 41.7 Å². The first kappa shape index (κ1) is 16.2. The fourth-order valence-electron chi connectivity index (χ4n) is 3.28. The van der Waals surface area contributed by atoms with E-state index in [1.54, 1.807) is 23.9 Å². The predicted octanol–water partition coefficient (Wildman–Crippen LogP) is 3.97. The number of H-pyrrole nitrogens is 1. The molecule has 27 heavy (non-hydrogen) atoms. The first-order valence-electron chi connectivity index (χ1n) is 8.87. The minimum absolute atomic E-state index is 0.235. The number of hydrogen-bond acceptors (Lipinski definition) is 6. The molecule has 0 saturated heterocycles. The standard InChI is InChI=1S/C19H18N6OS/c1-11(2)25-18(20-10-22-25)19-23-17-13-4-3-12(14-5-7-21-24-14)9-15(13)26-8-6-16(17)27-19/h3-5,7,9-11H,6,8H2,1-2H3,(H,21,24). The van der Waals surface area contributed by atoms with Gasteiger partial charge in [0.25, 0.3) is 0 Å². The average molecular weight is 378 g/mol. The molecule has 136 valence electrons. The highest BCUT2D eigenvalue weighted by Gasteiger charge is 2.23. The third-order valence-corrected chi connectivity index (χ3v) is 5.70. The molecule has 1 aliphatic heterocycles. The highest BCUT2D eigenvalue weighted by molar-refractivity contribution is 7.15. The molecule has 0 aliphatic carbocycles. The van der Waals surface area contributed by atoms with E-state index >= 15 is 0 Å². The normalized spacial score (nSPS) is 13.1. The summed E-state index contributed by atoms with van der Waals surface area (Å²) in [4.78, 5) is 10.6. The van der Waals surface area contributed by atoms with Crippen LogP contribution in [0.5, 0.6) is 5.75 Å². The number of thiazole rings is 1. The van der Waals surface area contributed by atoms with E-state index in [1.165, 1.54) is 4.88 Å². The van der Waals surface area contributed by atoms with Crippen molar-refractivity contribution in [2.45, 2.75) is 26.3 Å². The number of nitrogens with zero attached hydrogens (tertiary/aromatic N) is 5. The minimum atomic E-state index is 0.235. The molecule has 0 amide bonds. The van der Waals surface area contributed by atoms with Crippen LogP contribution in [0.3, 0.4) is 0 Å². The Kier molecular flexibility index (Phi) is 3.78. The van der Waals surface area contributed by atoms with Crippen LogP contribution in [0.4, 0.5) is 0 Å². The summed E-state index contributed by atoms with van der Waals surface area (Å²) in [6.45, 7) is 4.82. The lowest BCUT2D eigenvalue weighted by Crippen LogP contribution is -2.04. The van der Waals surface area contributed by atoms with Crippen LogP contribution in [0.25, 0.3) is 33.3 Å². The van der Waals surface area contributed by atoms with Gasteiger partial charge in [0, 0.05) is 34.7 Å². The molecular weight excluding hydrogens is 360 g/mol. The molecule has 0 unspecified atom stereocenters. The Hall–Kier alpha value is -3.00. The second-order valence-electron chi connectivity index (χ2n) is 6.69. The molecule has 3 aromatic heterocycles. The van der Waals surface area contributed by atoms with Crippen molar-refractivity contribution in [1.82, 2.24) is 29.9 Å². The van der Waals surface area contributed by atoms with Crippen LogP contribution >= 0.6 is 11.3 Å². The number of aromatic nitrogens is 6. The number of aromatic amines is 1. The van der Waals surface area contributed by atoms with Crippen LogP contribution in [-0.4, -0.2) is 36.6 Å². The van der Waals surface area contributed by atoms with E-state index in [1.807, 2.05) is 16.8 Å². The summed E-state index contributed by atoms with van der Waals surface area (Å²) in [5.74, 6) is 1.67. The second-order valence-corrected chi connectivity index (χ2v) is 7.78. The number of benzene rings is 1. The van der Waals surface area contributed by atoms with Gasteiger partial charge in [0.15, 0.2) is 10.8 Å². The molecule has 0 atom stereocenters. The van der Waals surface area contributed by atoms with E-state index in [4.69, 9.17) is 9.72 Å². The third kappa shape index (κ3) is 2.73. The molecule has 1 N–H and O–H groups in total. The van der Waals surface area contributed by atoms with Gasteiger partial charge in [-0.15, -0.1) is 11.3 Å². The molecule has 0 radical (unpaired) electrons. The predicted molar refractivity (Wildman–Crippen MR) is 104 cm³/mol. The molecule has 8 heteroatoms. The van der Waals surface area contributed by atoms with E-state index in [2.05, 4.69) is 46.3 Å². The topological polar surface area (TPSA) is 81.5 Å². The molecule has 0 bridgehead atoms. The van der Waals surface area contributed by atoms with Crippen LogP contribution in [0, 0.1) is 0 Å². The third-order valence-electron chi connectivity index (χ3n) is 4.59. The van der Waals surface area contributed by atoms with Gasteiger partial charge in [-0.1, -0.05) is 6.07 Å². The lowest BCUT2D eigenvalue weighted by molar-refractivity contribution is 0.327. The van der Waals surface area contributed by atoms with Crippen molar-refractivity contribution >= 4 is 11.3 Å². The molecule has 7 nitrogen and oxygen atoms in total. The first-order chi connectivity index (χ1) is 13.2. The molecule has 5 rings (SSSR count). The van der Waals surface area contributed by atoms with Gasteiger partial charge in [0.1, 0.15) is 12.1 Å². The molecule has 0 fully saturated rings. The number of nitrogens with one attached hydrogen (secondary N) is 1. The van der Waals surface area contributed by atoms with Gasteiger partial charge >= 0.3 is 0 Å². The Balaban J connectivity index is 1.61. The van der Waals surface area contributed by atoms with Gasteiger partial charge in [-0.3, -0.25) is 5.10 Å². The van der Waals surface area contributed by atoms with E-state index in [-0.39, 0.29) is 6.04 Å². The zero-order chi connectivity index (χ0) is 18.4. The molecular formula is C19H18N6OS. The zero-order valence-electron chi connectivity index (χ0n) is 15.0. The van der Waals surface area contributed by atoms with Crippen LogP contribution in [0.2, 0.25) is 0 Å². The van der Waals surface area contributed by atoms with E-state index < -0.39 is 0 Å². The lowest BCUT2D eigenvalue weighted by Gasteiger charge is -2.09. The Bertz CT molecular complexity index is 1100. The number of ether oxygens (including phenoxy) is 1. The lowest BCUT2D eigenvalue weighted by atomic mass is 10.0. The maximum absolute atomic E-state index is 6.02. The van der Waals surface area contributed by atoms with Gasteiger partial charge in [-0.25, -0.2) is 14.6 Å². The Morgan fingerprint density at radius 3 is 3.00 bits per heavy atom. The summed E-state index contributed by atoms with van der Waals surface area (Å²) in [6, 6.07) is 8.38. The number of hydrogen-bond donors (Lipinski definition) is 1. The smallest absolute Gasteiger partial charge is 0.187 e. The highest BCUT2D eigenvalue weighted by atomic mass is 32.1. The van der Waals surface area contributed by atoms with Crippen molar-refractivity contribution in [1.29, 1.82) is 0 Å². The van der Waals surface area contributed by atoms with Crippen molar-refractivity contribution in [2.75, 3.05) is 6.61 Å². The second kappa shape index (κ2) is 6.31. The fraction of sp³-hybridized carbons (Fsp3) is 0.263. The van der Waals surface area contributed by atoms with Crippen LogP contribution in [0.15, 0.2) is 36.8 Å². The molecule has 4 aromatic rings. The minimum Gasteiger partial charge on any atom is -0.492 e. The Morgan fingerprint density at radius 1 is 1.26 bits per heavy atom. The maximum atomic E-state index is 6.02. The SMILES string of the molecule is CC(C)n1ncnc1-c1nc2c(s1)CCOc1cc(-c3ccn[nH]3)ccc1-2. The summed E-state index contributed by atoms with van der Waals surface area (Å²) in [5.41, 5.74) is 4.01. The Morgan fingerprint density at radius 2 is 2.19 bits per heavy atom. The molecule has 1 aliphatic rings.